The van der Waals surface area contributed by atoms with Gasteiger partial charge in [-0.1, -0.05) is 18.2 Å². The second kappa shape index (κ2) is 7.05. The highest BCUT2D eigenvalue weighted by molar-refractivity contribution is 9.10. The lowest BCUT2D eigenvalue weighted by molar-refractivity contribution is -0.121. The molecule has 0 atom stereocenters. The van der Waals surface area contributed by atoms with Crippen molar-refractivity contribution in [1.82, 2.24) is 0 Å². The van der Waals surface area contributed by atoms with Crippen molar-refractivity contribution in [2.24, 2.45) is 0 Å². The first kappa shape index (κ1) is 16.5. The van der Waals surface area contributed by atoms with Gasteiger partial charge in [0.1, 0.15) is 5.75 Å². The number of methoxy groups -OCH3 is 1. The third kappa shape index (κ3) is 3.28. The van der Waals surface area contributed by atoms with E-state index in [0.29, 0.717) is 22.3 Å². The molecule has 5 nitrogen and oxygen atoms in total. The summed E-state index contributed by atoms with van der Waals surface area (Å²) in [7, 11) is 1.55. The Morgan fingerprint density at radius 1 is 1.21 bits per heavy atom. The Morgan fingerprint density at radius 2 is 2.00 bits per heavy atom. The summed E-state index contributed by atoms with van der Waals surface area (Å²) in [6.07, 6.45) is 0.821. The highest BCUT2D eigenvalue weighted by Gasteiger charge is 2.25. The Morgan fingerprint density at radius 3 is 2.75 bits per heavy atom. The van der Waals surface area contributed by atoms with Crippen LogP contribution >= 0.6 is 15.9 Å². The number of hydrogen-bond donors (Lipinski definition) is 0. The van der Waals surface area contributed by atoms with Gasteiger partial charge in [0.05, 0.1) is 17.1 Å². The molecule has 0 spiro atoms. The molecule has 0 saturated carbocycles. The number of carbonyl (C=O) groups is 2. The standard InChI is InChI=1S/C18H16BrNO4/c1-23-16-7-6-13(10-14(16)19)18(22)24-11-17(21)20-9-8-12-4-2-3-5-15(12)20/h2-7,10H,8-9,11H2,1H3. The third-order valence-corrected chi connectivity index (χ3v) is 4.52. The number of carbonyl (C=O) groups excluding carboxylic acids is 2. The van der Waals surface area contributed by atoms with Gasteiger partial charge in [-0.05, 0) is 52.2 Å². The number of amides is 1. The van der Waals surface area contributed by atoms with E-state index in [-0.39, 0.29) is 12.5 Å². The number of esters is 1. The van der Waals surface area contributed by atoms with Gasteiger partial charge < -0.3 is 14.4 Å². The number of nitrogens with zero attached hydrogens (tertiary/aromatic N) is 1. The molecule has 124 valence electrons. The lowest BCUT2D eigenvalue weighted by Crippen LogP contribution is -2.33. The van der Waals surface area contributed by atoms with Crippen molar-refractivity contribution >= 4 is 33.5 Å². The molecule has 3 rings (SSSR count). The molecule has 2 aromatic carbocycles. The number of anilines is 1. The van der Waals surface area contributed by atoms with Crippen LogP contribution < -0.4 is 9.64 Å². The quantitative estimate of drug-likeness (QED) is 0.753. The van der Waals surface area contributed by atoms with Gasteiger partial charge in [-0.2, -0.15) is 0 Å². The minimum absolute atomic E-state index is 0.221. The van der Waals surface area contributed by atoms with Crippen molar-refractivity contribution in [3.8, 4) is 5.75 Å². The third-order valence-electron chi connectivity index (χ3n) is 3.90. The van der Waals surface area contributed by atoms with Crippen molar-refractivity contribution in [3.05, 3.63) is 58.1 Å². The van der Waals surface area contributed by atoms with E-state index in [0.717, 1.165) is 17.7 Å². The van der Waals surface area contributed by atoms with E-state index in [1.807, 2.05) is 24.3 Å². The van der Waals surface area contributed by atoms with Crippen molar-refractivity contribution in [3.63, 3.8) is 0 Å². The van der Waals surface area contributed by atoms with Gasteiger partial charge in [0.15, 0.2) is 6.61 Å². The van der Waals surface area contributed by atoms with Crippen LogP contribution in [0.2, 0.25) is 0 Å². The van der Waals surface area contributed by atoms with E-state index in [1.54, 1.807) is 30.2 Å². The van der Waals surface area contributed by atoms with Crippen LogP contribution in [0.1, 0.15) is 15.9 Å². The molecule has 2 aromatic rings. The van der Waals surface area contributed by atoms with E-state index < -0.39 is 5.97 Å². The summed E-state index contributed by atoms with van der Waals surface area (Å²) in [4.78, 5) is 26.1. The average Bonchev–Trinajstić information content (AvgIpc) is 3.03. The average molecular weight is 390 g/mol. The van der Waals surface area contributed by atoms with Crippen LogP contribution in [0.5, 0.6) is 5.75 Å². The summed E-state index contributed by atoms with van der Waals surface area (Å²) in [6, 6.07) is 12.6. The number of rotatable bonds is 4. The van der Waals surface area contributed by atoms with E-state index in [9.17, 15) is 9.59 Å². The molecule has 0 bridgehead atoms. The molecule has 0 aliphatic carbocycles. The van der Waals surface area contributed by atoms with Crippen LogP contribution in [0.3, 0.4) is 0 Å². The molecule has 0 saturated heterocycles. The van der Waals surface area contributed by atoms with Crippen molar-refractivity contribution in [1.29, 1.82) is 0 Å². The summed E-state index contributed by atoms with van der Waals surface area (Å²) < 4.78 is 10.9. The van der Waals surface area contributed by atoms with Gasteiger partial charge in [-0.3, -0.25) is 4.79 Å². The lowest BCUT2D eigenvalue weighted by Gasteiger charge is -2.17. The fraction of sp³-hybridized carbons (Fsp3) is 0.222. The minimum Gasteiger partial charge on any atom is -0.496 e. The summed E-state index contributed by atoms with van der Waals surface area (Å²) in [5, 5.41) is 0. The number of halogens is 1. The van der Waals surface area contributed by atoms with Gasteiger partial charge in [0.2, 0.25) is 0 Å². The Kier molecular flexibility index (Phi) is 4.85. The maximum atomic E-state index is 12.3. The maximum absolute atomic E-state index is 12.3. The highest BCUT2D eigenvalue weighted by Crippen LogP contribution is 2.28. The van der Waals surface area contributed by atoms with Crippen LogP contribution in [-0.2, 0) is 16.0 Å². The van der Waals surface area contributed by atoms with E-state index in [2.05, 4.69) is 15.9 Å². The summed E-state index contributed by atoms with van der Waals surface area (Å²) >= 11 is 3.32. The molecular weight excluding hydrogens is 374 g/mol. The zero-order chi connectivity index (χ0) is 17.1. The molecule has 1 amide bonds. The number of fused-ring (bicyclic) bond motifs is 1. The van der Waals surface area contributed by atoms with Crippen molar-refractivity contribution in [2.45, 2.75) is 6.42 Å². The SMILES string of the molecule is COc1ccc(C(=O)OCC(=O)N2CCc3ccccc32)cc1Br. The monoisotopic (exact) mass is 389 g/mol. The maximum Gasteiger partial charge on any atom is 0.338 e. The zero-order valence-corrected chi connectivity index (χ0v) is 14.7. The Labute approximate surface area is 148 Å². The molecule has 0 aromatic heterocycles. The Bertz CT molecular complexity index is 790. The van der Waals surface area contributed by atoms with Crippen LogP contribution in [0.15, 0.2) is 46.9 Å². The molecule has 0 unspecified atom stereocenters. The normalized spacial score (nSPS) is 12.7. The molecule has 0 radical (unpaired) electrons. The first-order chi connectivity index (χ1) is 11.6. The lowest BCUT2D eigenvalue weighted by atomic mass is 10.2. The first-order valence-electron chi connectivity index (χ1n) is 7.49. The second-order valence-corrected chi connectivity index (χ2v) is 6.20. The van der Waals surface area contributed by atoms with Crippen LogP contribution in [-0.4, -0.2) is 32.1 Å². The summed E-state index contributed by atoms with van der Waals surface area (Å²) in [5.41, 5.74) is 2.39. The van der Waals surface area contributed by atoms with Crippen LogP contribution in [0.4, 0.5) is 5.69 Å². The van der Waals surface area contributed by atoms with Crippen LogP contribution in [0, 0.1) is 0 Å². The van der Waals surface area contributed by atoms with Gasteiger partial charge in [-0.15, -0.1) is 0 Å². The molecule has 1 aliphatic rings. The molecule has 1 aliphatic heterocycles. The number of benzene rings is 2. The number of hydrogen-bond acceptors (Lipinski definition) is 4. The molecule has 1 heterocycles. The number of ether oxygens (including phenoxy) is 2. The Balaban J connectivity index is 1.63. The predicted octanol–water partition coefficient (Wildman–Crippen LogP) is 3.20. The van der Waals surface area contributed by atoms with Gasteiger partial charge in [-0.25, -0.2) is 4.79 Å². The van der Waals surface area contributed by atoms with Crippen LogP contribution in [0.25, 0.3) is 0 Å². The van der Waals surface area contributed by atoms with Gasteiger partial charge in [0, 0.05) is 12.2 Å². The van der Waals surface area contributed by atoms with Gasteiger partial charge in [0.25, 0.3) is 5.91 Å². The van der Waals surface area contributed by atoms with E-state index in [1.165, 1.54) is 0 Å². The van der Waals surface area contributed by atoms with Crippen molar-refractivity contribution in [2.75, 3.05) is 25.2 Å². The molecule has 6 heteroatoms. The largest absolute Gasteiger partial charge is 0.496 e. The topological polar surface area (TPSA) is 55.8 Å². The summed E-state index contributed by atoms with van der Waals surface area (Å²) in [5.74, 6) is -0.142. The fourth-order valence-corrected chi connectivity index (χ4v) is 3.22. The summed E-state index contributed by atoms with van der Waals surface area (Å²) in [6.45, 7) is 0.334. The first-order valence-corrected chi connectivity index (χ1v) is 8.28. The molecule has 0 fully saturated rings. The van der Waals surface area contributed by atoms with E-state index in [4.69, 9.17) is 9.47 Å². The van der Waals surface area contributed by atoms with Gasteiger partial charge >= 0.3 is 5.97 Å². The van der Waals surface area contributed by atoms with Crippen molar-refractivity contribution < 1.29 is 19.1 Å². The van der Waals surface area contributed by atoms with E-state index >= 15 is 0 Å². The molecular formula is C18H16BrNO4. The minimum atomic E-state index is -0.542. The zero-order valence-electron chi connectivity index (χ0n) is 13.1. The highest BCUT2D eigenvalue weighted by atomic mass is 79.9. The number of para-hydroxylation sites is 1. The smallest absolute Gasteiger partial charge is 0.338 e. The molecule has 24 heavy (non-hydrogen) atoms. The molecule has 0 N–H and O–H groups in total. The second-order valence-electron chi connectivity index (χ2n) is 5.35. The Hall–Kier alpha value is -2.34. The predicted molar refractivity (Wildman–Crippen MR) is 93.5 cm³/mol. The fourth-order valence-electron chi connectivity index (χ4n) is 2.68.